The van der Waals surface area contributed by atoms with E-state index in [-0.39, 0.29) is 0 Å². The fourth-order valence-electron chi connectivity index (χ4n) is 1.33. The van der Waals surface area contributed by atoms with Gasteiger partial charge in [0.25, 0.3) is 0 Å². The number of benzene rings is 1. The van der Waals surface area contributed by atoms with E-state index in [0.29, 0.717) is 0 Å². The lowest BCUT2D eigenvalue weighted by Crippen LogP contribution is -1.90. The molecule has 0 atom stereocenters. The average Bonchev–Trinajstić information content (AvgIpc) is 2.53. The number of nitrogens with two attached hydrogens (primary N) is 1. The molecule has 1 heterocycles. The number of nitrogen functional groups attached to an aromatic ring is 1. The molecule has 1 aromatic heterocycles. The molecule has 0 bridgehead atoms. The lowest BCUT2D eigenvalue weighted by Gasteiger charge is -2.02. The van der Waals surface area contributed by atoms with Gasteiger partial charge in [-0.05, 0) is 41.4 Å². The van der Waals surface area contributed by atoms with Crippen molar-refractivity contribution in [1.29, 1.82) is 0 Å². The highest BCUT2D eigenvalue weighted by Gasteiger charge is 2.12. The van der Waals surface area contributed by atoms with Crippen molar-refractivity contribution in [3.63, 3.8) is 0 Å². The van der Waals surface area contributed by atoms with Gasteiger partial charge in [0.2, 0.25) is 0 Å². The van der Waals surface area contributed by atoms with Crippen LogP contribution in [0.25, 0.3) is 11.3 Å². The summed E-state index contributed by atoms with van der Waals surface area (Å²) in [6, 6.07) is 5.85. The summed E-state index contributed by atoms with van der Waals surface area (Å²) >= 11 is 3.43. The van der Waals surface area contributed by atoms with Crippen LogP contribution >= 0.6 is 15.9 Å². The molecular weight excluding hydrogens is 256 g/mol. The fraction of sp³-hybridized carbons (Fsp3) is 0.182. The Morgan fingerprint density at radius 3 is 2.60 bits per heavy atom. The maximum absolute atomic E-state index is 5.84. The zero-order valence-corrected chi connectivity index (χ0v) is 10.1. The lowest BCUT2D eigenvalue weighted by molar-refractivity contribution is 0.399. The van der Waals surface area contributed by atoms with Gasteiger partial charge >= 0.3 is 0 Å². The van der Waals surface area contributed by atoms with Gasteiger partial charge in [-0.25, -0.2) is 0 Å². The number of hydrogen-bond acceptors (Lipinski definition) is 3. The number of aromatic nitrogens is 1. The first-order valence-corrected chi connectivity index (χ1v) is 5.37. The van der Waals surface area contributed by atoms with Crippen molar-refractivity contribution in [1.82, 2.24) is 5.16 Å². The third-order valence-corrected chi connectivity index (χ3v) is 3.28. The smallest absolute Gasteiger partial charge is 0.148 e. The molecule has 0 fully saturated rings. The molecule has 1 aromatic carbocycles. The number of rotatable bonds is 1. The molecule has 0 spiro atoms. The molecule has 0 radical (unpaired) electrons. The summed E-state index contributed by atoms with van der Waals surface area (Å²) in [6.07, 6.45) is 0. The van der Waals surface area contributed by atoms with Crippen molar-refractivity contribution in [2.75, 3.05) is 5.73 Å². The van der Waals surface area contributed by atoms with E-state index in [9.17, 15) is 0 Å². The van der Waals surface area contributed by atoms with E-state index in [1.165, 1.54) is 0 Å². The van der Waals surface area contributed by atoms with Crippen LogP contribution in [0, 0.1) is 13.8 Å². The second kappa shape index (κ2) is 3.70. The Morgan fingerprint density at radius 2 is 2.07 bits per heavy atom. The Kier molecular flexibility index (Phi) is 2.52. The fourth-order valence-corrected chi connectivity index (χ4v) is 1.70. The van der Waals surface area contributed by atoms with Crippen LogP contribution in [0.15, 0.2) is 27.2 Å². The maximum Gasteiger partial charge on any atom is 0.148 e. The van der Waals surface area contributed by atoms with Gasteiger partial charge < -0.3 is 10.3 Å². The summed E-state index contributed by atoms with van der Waals surface area (Å²) in [5.74, 6) is 0.768. The van der Waals surface area contributed by atoms with Crippen molar-refractivity contribution < 1.29 is 4.52 Å². The van der Waals surface area contributed by atoms with Crippen LogP contribution in [0.3, 0.4) is 0 Å². The SMILES string of the molecule is Cc1ccc(-c2noc(C)c2Br)cc1N. The van der Waals surface area contributed by atoms with Gasteiger partial charge in [-0.15, -0.1) is 0 Å². The topological polar surface area (TPSA) is 52.0 Å². The van der Waals surface area contributed by atoms with E-state index in [2.05, 4.69) is 21.1 Å². The van der Waals surface area contributed by atoms with E-state index in [1.807, 2.05) is 32.0 Å². The molecule has 0 unspecified atom stereocenters. The van der Waals surface area contributed by atoms with E-state index in [0.717, 1.165) is 32.7 Å². The van der Waals surface area contributed by atoms with Gasteiger partial charge in [0.05, 0.1) is 4.47 Å². The minimum Gasteiger partial charge on any atom is -0.398 e. The molecule has 0 aliphatic heterocycles. The first-order chi connectivity index (χ1) is 7.09. The highest BCUT2D eigenvalue weighted by atomic mass is 79.9. The number of anilines is 1. The molecule has 0 aliphatic rings. The molecular formula is C11H11BrN2O. The van der Waals surface area contributed by atoms with Crippen LogP contribution in [-0.2, 0) is 0 Å². The van der Waals surface area contributed by atoms with Gasteiger partial charge in [-0.1, -0.05) is 17.3 Å². The predicted molar refractivity (Wildman–Crippen MR) is 63.5 cm³/mol. The van der Waals surface area contributed by atoms with Crippen molar-refractivity contribution >= 4 is 21.6 Å². The monoisotopic (exact) mass is 266 g/mol. The summed E-state index contributed by atoms with van der Waals surface area (Å²) in [5.41, 5.74) is 9.42. The molecule has 0 saturated carbocycles. The summed E-state index contributed by atoms with van der Waals surface area (Å²) in [7, 11) is 0. The van der Waals surface area contributed by atoms with Crippen LogP contribution in [0.4, 0.5) is 5.69 Å². The molecule has 0 aliphatic carbocycles. The molecule has 3 nitrogen and oxygen atoms in total. The van der Waals surface area contributed by atoms with E-state index < -0.39 is 0 Å². The molecule has 78 valence electrons. The van der Waals surface area contributed by atoms with Gasteiger partial charge in [-0.3, -0.25) is 0 Å². The largest absolute Gasteiger partial charge is 0.398 e. The number of nitrogens with zero attached hydrogens (tertiary/aromatic N) is 1. The van der Waals surface area contributed by atoms with Gasteiger partial charge in [-0.2, -0.15) is 0 Å². The third kappa shape index (κ3) is 1.77. The highest BCUT2D eigenvalue weighted by Crippen LogP contribution is 2.31. The zero-order chi connectivity index (χ0) is 11.0. The maximum atomic E-state index is 5.84. The quantitative estimate of drug-likeness (QED) is 0.806. The predicted octanol–water partition coefficient (Wildman–Crippen LogP) is 3.30. The first kappa shape index (κ1) is 10.2. The Morgan fingerprint density at radius 1 is 1.33 bits per heavy atom. The third-order valence-electron chi connectivity index (χ3n) is 2.34. The van der Waals surface area contributed by atoms with Crippen LogP contribution in [-0.4, -0.2) is 5.16 Å². The Labute approximate surface area is 96.4 Å². The second-order valence-electron chi connectivity index (χ2n) is 3.47. The zero-order valence-electron chi connectivity index (χ0n) is 8.54. The minimum atomic E-state index is 0.764. The van der Waals surface area contributed by atoms with Gasteiger partial charge in [0.15, 0.2) is 0 Å². The molecule has 0 amide bonds. The first-order valence-electron chi connectivity index (χ1n) is 4.58. The van der Waals surface area contributed by atoms with Crippen molar-refractivity contribution in [3.05, 3.63) is 34.0 Å². The minimum absolute atomic E-state index is 0.764. The Bertz CT molecular complexity index is 505. The van der Waals surface area contributed by atoms with Crippen LogP contribution in [0.2, 0.25) is 0 Å². The summed E-state index contributed by atoms with van der Waals surface area (Å²) < 4.78 is 5.96. The summed E-state index contributed by atoms with van der Waals surface area (Å²) in [6.45, 7) is 3.83. The highest BCUT2D eigenvalue weighted by molar-refractivity contribution is 9.10. The Balaban J connectivity index is 2.55. The lowest BCUT2D eigenvalue weighted by atomic mass is 10.1. The second-order valence-corrected chi connectivity index (χ2v) is 4.27. The molecule has 2 aromatic rings. The number of halogens is 1. The van der Waals surface area contributed by atoms with Crippen molar-refractivity contribution in [3.8, 4) is 11.3 Å². The summed E-state index contributed by atoms with van der Waals surface area (Å²) in [5, 5.41) is 3.98. The normalized spacial score (nSPS) is 10.6. The molecule has 2 N–H and O–H groups in total. The molecule has 0 saturated heterocycles. The van der Waals surface area contributed by atoms with Gasteiger partial charge in [0, 0.05) is 11.3 Å². The molecule has 15 heavy (non-hydrogen) atoms. The van der Waals surface area contributed by atoms with Crippen LogP contribution in [0.1, 0.15) is 11.3 Å². The van der Waals surface area contributed by atoms with Crippen molar-refractivity contribution in [2.45, 2.75) is 13.8 Å². The van der Waals surface area contributed by atoms with E-state index >= 15 is 0 Å². The summed E-state index contributed by atoms with van der Waals surface area (Å²) in [4.78, 5) is 0. The van der Waals surface area contributed by atoms with E-state index in [4.69, 9.17) is 10.3 Å². The van der Waals surface area contributed by atoms with Crippen LogP contribution < -0.4 is 5.73 Å². The Hall–Kier alpha value is -1.29. The van der Waals surface area contributed by atoms with Gasteiger partial charge in [0.1, 0.15) is 11.5 Å². The average molecular weight is 267 g/mol. The number of hydrogen-bond donors (Lipinski definition) is 1. The number of aryl methyl sites for hydroxylation is 2. The molecule has 2 rings (SSSR count). The van der Waals surface area contributed by atoms with Crippen molar-refractivity contribution in [2.24, 2.45) is 0 Å². The van der Waals surface area contributed by atoms with E-state index in [1.54, 1.807) is 0 Å². The molecule has 4 heteroatoms. The standard InChI is InChI=1S/C11H11BrN2O/c1-6-3-4-8(5-9(6)13)11-10(12)7(2)15-14-11/h3-5H,13H2,1-2H3. The van der Waals surface area contributed by atoms with Crippen LogP contribution in [0.5, 0.6) is 0 Å².